The predicted molar refractivity (Wildman–Crippen MR) is 152 cm³/mol. The number of rotatable bonds is 27. The fraction of sp³-hybridized carbons (Fsp3) is 0.903. The molecule has 4 heteroatoms. The van der Waals surface area contributed by atoms with Crippen molar-refractivity contribution in [3.05, 3.63) is 12.2 Å². The number of hydrogen-bond donors (Lipinski definition) is 3. The standard InChI is InChI=1S/C31H61NO3/c1-3-5-7-9-11-13-15-17-19-21-23-25-27-31(35)32-29(28-33)30(34)26-24-22-20-18-16-14-12-10-8-6-4-2/h24,26,29-30,33-34H,3-23,25,27-28H2,1-2H3,(H,32,35)/b26-24+. The highest BCUT2D eigenvalue weighted by molar-refractivity contribution is 5.76. The van der Waals surface area contributed by atoms with Gasteiger partial charge in [-0.2, -0.15) is 0 Å². The predicted octanol–water partition coefficient (Wildman–Crippen LogP) is 8.39. The first-order chi connectivity index (χ1) is 17.2. The molecule has 0 fully saturated rings. The lowest BCUT2D eigenvalue weighted by Crippen LogP contribution is -2.45. The van der Waals surface area contributed by atoms with E-state index in [-0.39, 0.29) is 12.5 Å². The summed E-state index contributed by atoms with van der Waals surface area (Å²) in [7, 11) is 0. The molecule has 0 aliphatic rings. The summed E-state index contributed by atoms with van der Waals surface area (Å²) >= 11 is 0. The average molecular weight is 496 g/mol. The minimum absolute atomic E-state index is 0.0671. The van der Waals surface area contributed by atoms with Crippen LogP contribution in [-0.2, 0) is 4.79 Å². The van der Waals surface area contributed by atoms with E-state index in [0.717, 1.165) is 25.7 Å². The van der Waals surface area contributed by atoms with Crippen molar-refractivity contribution in [2.45, 2.75) is 174 Å². The summed E-state index contributed by atoms with van der Waals surface area (Å²) in [5, 5.41) is 22.7. The second-order valence-corrected chi connectivity index (χ2v) is 10.5. The molecule has 0 aromatic rings. The monoisotopic (exact) mass is 495 g/mol. The molecule has 0 heterocycles. The number of carbonyl (C=O) groups is 1. The first-order valence-corrected chi connectivity index (χ1v) is 15.4. The lowest BCUT2D eigenvalue weighted by atomic mass is 10.0. The Kier molecular flexibility index (Phi) is 27.0. The van der Waals surface area contributed by atoms with E-state index in [1.807, 2.05) is 6.08 Å². The number of unbranched alkanes of at least 4 members (excludes halogenated alkanes) is 20. The molecule has 0 aromatic heterocycles. The first kappa shape index (κ1) is 34.1. The number of hydrogen-bond acceptors (Lipinski definition) is 3. The normalized spacial score (nSPS) is 13.4. The molecule has 0 saturated carbocycles. The van der Waals surface area contributed by atoms with Crippen LogP contribution in [0.4, 0.5) is 0 Å². The van der Waals surface area contributed by atoms with Crippen molar-refractivity contribution in [1.29, 1.82) is 0 Å². The van der Waals surface area contributed by atoms with Gasteiger partial charge < -0.3 is 15.5 Å². The molecule has 0 aliphatic heterocycles. The van der Waals surface area contributed by atoms with Crippen LogP contribution in [0.2, 0.25) is 0 Å². The molecule has 35 heavy (non-hydrogen) atoms. The third-order valence-corrected chi connectivity index (χ3v) is 7.02. The van der Waals surface area contributed by atoms with Crippen molar-refractivity contribution >= 4 is 5.91 Å². The van der Waals surface area contributed by atoms with Gasteiger partial charge in [0.25, 0.3) is 0 Å². The summed E-state index contributed by atoms with van der Waals surface area (Å²) in [6.45, 7) is 4.27. The third kappa shape index (κ3) is 24.6. The zero-order valence-electron chi connectivity index (χ0n) is 23.6. The highest BCUT2D eigenvalue weighted by Crippen LogP contribution is 2.13. The van der Waals surface area contributed by atoms with Crippen LogP contribution >= 0.6 is 0 Å². The van der Waals surface area contributed by atoms with E-state index in [2.05, 4.69) is 19.2 Å². The number of nitrogens with one attached hydrogen (secondary N) is 1. The zero-order valence-corrected chi connectivity index (χ0v) is 23.6. The molecule has 0 radical (unpaired) electrons. The van der Waals surface area contributed by atoms with E-state index in [9.17, 15) is 15.0 Å². The Hall–Kier alpha value is -0.870. The van der Waals surface area contributed by atoms with E-state index in [0.29, 0.717) is 6.42 Å². The van der Waals surface area contributed by atoms with Gasteiger partial charge in [-0.05, 0) is 19.3 Å². The Balaban J connectivity index is 3.67. The van der Waals surface area contributed by atoms with Gasteiger partial charge in [0.1, 0.15) is 0 Å². The lowest BCUT2D eigenvalue weighted by molar-refractivity contribution is -0.123. The molecule has 208 valence electrons. The number of amides is 1. The maximum absolute atomic E-state index is 12.2. The SMILES string of the molecule is CCCCCCCCCCC/C=C/C(O)C(CO)NC(=O)CCCCCCCCCCCCCC. The van der Waals surface area contributed by atoms with Gasteiger partial charge in [0, 0.05) is 6.42 Å². The van der Waals surface area contributed by atoms with E-state index in [4.69, 9.17) is 0 Å². The van der Waals surface area contributed by atoms with Crippen LogP contribution in [0.1, 0.15) is 162 Å². The van der Waals surface area contributed by atoms with E-state index < -0.39 is 12.1 Å². The molecular weight excluding hydrogens is 434 g/mol. The Labute approximate surface area is 218 Å². The molecule has 0 spiro atoms. The van der Waals surface area contributed by atoms with Gasteiger partial charge >= 0.3 is 0 Å². The minimum atomic E-state index is -0.829. The summed E-state index contributed by atoms with van der Waals surface area (Å²) in [4.78, 5) is 12.2. The van der Waals surface area contributed by atoms with Crippen LogP contribution in [0.15, 0.2) is 12.2 Å². The van der Waals surface area contributed by atoms with Gasteiger partial charge in [-0.1, -0.05) is 148 Å². The van der Waals surface area contributed by atoms with Crippen LogP contribution < -0.4 is 5.32 Å². The molecule has 2 unspecified atom stereocenters. The average Bonchev–Trinajstić information content (AvgIpc) is 2.86. The van der Waals surface area contributed by atoms with Gasteiger partial charge in [-0.3, -0.25) is 4.79 Å². The number of carbonyl (C=O) groups excluding carboxylic acids is 1. The third-order valence-electron chi connectivity index (χ3n) is 7.02. The molecule has 0 bridgehead atoms. The smallest absolute Gasteiger partial charge is 0.220 e. The summed E-state index contributed by atoms with van der Waals surface area (Å²) < 4.78 is 0. The van der Waals surface area contributed by atoms with E-state index >= 15 is 0 Å². The zero-order chi connectivity index (χ0) is 25.8. The maximum atomic E-state index is 12.2. The second kappa shape index (κ2) is 27.7. The molecular formula is C31H61NO3. The minimum Gasteiger partial charge on any atom is -0.394 e. The van der Waals surface area contributed by atoms with Crippen molar-refractivity contribution in [2.75, 3.05) is 6.61 Å². The van der Waals surface area contributed by atoms with Gasteiger partial charge in [-0.15, -0.1) is 0 Å². The van der Waals surface area contributed by atoms with Crippen molar-refractivity contribution < 1.29 is 15.0 Å². The molecule has 1 amide bonds. The van der Waals surface area contributed by atoms with Crippen molar-refractivity contribution in [3.8, 4) is 0 Å². The Morgan fingerprint density at radius 2 is 1.06 bits per heavy atom. The molecule has 4 nitrogen and oxygen atoms in total. The fourth-order valence-corrected chi connectivity index (χ4v) is 4.59. The Bertz CT molecular complexity index is 466. The van der Waals surface area contributed by atoms with Gasteiger partial charge in [0.2, 0.25) is 5.91 Å². The molecule has 0 saturated heterocycles. The highest BCUT2D eigenvalue weighted by atomic mass is 16.3. The summed E-state index contributed by atoms with van der Waals surface area (Å²) in [6.07, 6.45) is 31.3. The Morgan fingerprint density at radius 1 is 0.657 bits per heavy atom. The number of allylic oxidation sites excluding steroid dienone is 1. The van der Waals surface area contributed by atoms with Gasteiger partial charge in [-0.25, -0.2) is 0 Å². The van der Waals surface area contributed by atoms with E-state index in [1.165, 1.54) is 116 Å². The molecule has 0 aliphatic carbocycles. The van der Waals surface area contributed by atoms with Crippen LogP contribution in [0.3, 0.4) is 0 Å². The number of aliphatic hydroxyl groups excluding tert-OH is 2. The Morgan fingerprint density at radius 3 is 1.49 bits per heavy atom. The van der Waals surface area contributed by atoms with Crippen molar-refractivity contribution in [1.82, 2.24) is 5.32 Å². The van der Waals surface area contributed by atoms with E-state index in [1.54, 1.807) is 6.08 Å². The first-order valence-electron chi connectivity index (χ1n) is 15.4. The largest absolute Gasteiger partial charge is 0.394 e. The summed E-state index contributed by atoms with van der Waals surface area (Å²) in [6, 6.07) is -0.612. The van der Waals surface area contributed by atoms with Gasteiger partial charge in [0.15, 0.2) is 0 Å². The van der Waals surface area contributed by atoms with Crippen LogP contribution in [0.5, 0.6) is 0 Å². The number of aliphatic hydroxyl groups is 2. The quantitative estimate of drug-likeness (QED) is 0.0791. The van der Waals surface area contributed by atoms with Crippen molar-refractivity contribution in [3.63, 3.8) is 0 Å². The summed E-state index contributed by atoms with van der Waals surface area (Å²) in [5.41, 5.74) is 0. The topological polar surface area (TPSA) is 69.6 Å². The van der Waals surface area contributed by atoms with Gasteiger partial charge in [0.05, 0.1) is 18.8 Å². The second-order valence-electron chi connectivity index (χ2n) is 10.5. The van der Waals surface area contributed by atoms with Crippen molar-refractivity contribution in [2.24, 2.45) is 0 Å². The van der Waals surface area contributed by atoms with Crippen LogP contribution in [0, 0.1) is 0 Å². The highest BCUT2D eigenvalue weighted by Gasteiger charge is 2.17. The molecule has 3 N–H and O–H groups in total. The molecule has 0 aromatic carbocycles. The molecule has 0 rings (SSSR count). The lowest BCUT2D eigenvalue weighted by Gasteiger charge is -2.20. The fourth-order valence-electron chi connectivity index (χ4n) is 4.59. The van der Waals surface area contributed by atoms with Crippen LogP contribution in [0.25, 0.3) is 0 Å². The van der Waals surface area contributed by atoms with Crippen LogP contribution in [-0.4, -0.2) is 34.9 Å². The maximum Gasteiger partial charge on any atom is 0.220 e. The molecule has 2 atom stereocenters. The summed E-state index contributed by atoms with van der Waals surface area (Å²) in [5.74, 6) is -0.0671.